The molecule has 165 valence electrons. The highest BCUT2D eigenvalue weighted by Gasteiger charge is 2.56. The standard InChI is InChI=1S/C19H22N5O7/c1-10-13(25)14(26)19(7-20,31-10)12-6-5-11-15(21-8-22-24(11)12)23-17(28)30-9-29-16(27)18(2,3)4/h5-6,8,10,13-14,25-26H,1,9H2,2-4H3,(H,21,22,23,28)/t10-,13-,14-,19+/m1/s1. The van der Waals surface area contributed by atoms with Crippen LogP contribution in [0.4, 0.5) is 10.6 Å². The van der Waals surface area contributed by atoms with Gasteiger partial charge in [-0.15, -0.1) is 0 Å². The zero-order valence-corrected chi connectivity index (χ0v) is 17.1. The van der Waals surface area contributed by atoms with Crippen molar-refractivity contribution in [3.05, 3.63) is 31.1 Å². The van der Waals surface area contributed by atoms with Crippen LogP contribution in [0.3, 0.4) is 0 Å². The number of aliphatic hydroxyl groups excluding tert-OH is 2. The predicted octanol–water partition coefficient (Wildman–Crippen LogP) is 0.498. The Balaban J connectivity index is 1.79. The molecule has 1 amide bonds. The molecule has 1 aliphatic rings. The fourth-order valence-electron chi connectivity index (χ4n) is 2.98. The van der Waals surface area contributed by atoms with Crippen LogP contribution in [0.5, 0.6) is 0 Å². The molecule has 2 aromatic heterocycles. The van der Waals surface area contributed by atoms with E-state index in [-0.39, 0.29) is 17.0 Å². The maximum absolute atomic E-state index is 12.1. The number of nitrogens with zero attached hydrogens (tertiary/aromatic N) is 4. The van der Waals surface area contributed by atoms with E-state index in [9.17, 15) is 25.1 Å². The maximum Gasteiger partial charge on any atom is 0.415 e. The van der Waals surface area contributed by atoms with Crippen molar-refractivity contribution in [2.24, 2.45) is 5.41 Å². The van der Waals surface area contributed by atoms with E-state index < -0.39 is 48.2 Å². The fourth-order valence-corrected chi connectivity index (χ4v) is 2.98. The second-order valence-corrected chi connectivity index (χ2v) is 7.92. The quantitative estimate of drug-likeness (QED) is 0.457. The summed E-state index contributed by atoms with van der Waals surface area (Å²) in [7, 11) is 0. The highest BCUT2D eigenvalue weighted by Crippen LogP contribution is 2.40. The van der Waals surface area contributed by atoms with Gasteiger partial charge in [0.15, 0.2) is 5.82 Å². The molecular formula is C19H22N5O7. The summed E-state index contributed by atoms with van der Waals surface area (Å²) in [6, 6.07) is 4.82. The Morgan fingerprint density at radius 2 is 2.10 bits per heavy atom. The van der Waals surface area contributed by atoms with Gasteiger partial charge in [0, 0.05) is 0 Å². The number of fused-ring (bicyclic) bond motifs is 1. The van der Waals surface area contributed by atoms with Crippen LogP contribution in [0.2, 0.25) is 0 Å². The van der Waals surface area contributed by atoms with Crippen molar-refractivity contribution in [2.45, 2.75) is 44.7 Å². The van der Waals surface area contributed by atoms with Crippen LogP contribution in [-0.4, -0.2) is 62.0 Å². The number of aliphatic hydroxyl groups is 2. The molecule has 3 rings (SSSR count). The number of nitrogens with one attached hydrogen (secondary N) is 1. The molecule has 0 saturated carbocycles. The molecule has 3 heterocycles. The van der Waals surface area contributed by atoms with Crippen LogP contribution >= 0.6 is 0 Å². The van der Waals surface area contributed by atoms with Crippen molar-refractivity contribution in [1.82, 2.24) is 14.6 Å². The second-order valence-electron chi connectivity index (χ2n) is 7.92. The van der Waals surface area contributed by atoms with Crippen molar-refractivity contribution in [3.8, 4) is 6.07 Å². The molecule has 1 saturated heterocycles. The topological polar surface area (TPSA) is 168 Å². The summed E-state index contributed by atoms with van der Waals surface area (Å²) in [6.45, 7) is 7.97. The SMILES string of the molecule is [CH2][C@H]1O[C@@](C#N)(c2ccc3c(NC(=O)OCOC(=O)C(C)(C)C)ncnn23)[C@H](O)[C@@H]1O. The van der Waals surface area contributed by atoms with Crippen molar-refractivity contribution in [1.29, 1.82) is 5.26 Å². The van der Waals surface area contributed by atoms with E-state index in [0.29, 0.717) is 0 Å². The lowest BCUT2D eigenvalue weighted by molar-refractivity contribution is -0.161. The number of anilines is 1. The Labute approximate surface area is 177 Å². The molecule has 3 N–H and O–H groups in total. The average Bonchev–Trinajstić information content (AvgIpc) is 3.23. The number of esters is 1. The summed E-state index contributed by atoms with van der Waals surface area (Å²) in [6.07, 6.45) is -3.82. The molecule has 1 fully saturated rings. The number of carbonyl (C=O) groups is 2. The third kappa shape index (κ3) is 4.02. The molecule has 0 spiro atoms. The predicted molar refractivity (Wildman–Crippen MR) is 103 cm³/mol. The van der Waals surface area contributed by atoms with Gasteiger partial charge in [-0.1, -0.05) is 0 Å². The minimum absolute atomic E-state index is 0.0284. The number of hydrogen-bond donors (Lipinski definition) is 3. The van der Waals surface area contributed by atoms with Crippen LogP contribution < -0.4 is 5.32 Å². The lowest BCUT2D eigenvalue weighted by Crippen LogP contribution is -2.40. The lowest BCUT2D eigenvalue weighted by atomic mass is 9.93. The molecule has 31 heavy (non-hydrogen) atoms. The number of amides is 1. The Hall–Kier alpha value is -3.27. The number of nitriles is 1. The Morgan fingerprint density at radius 1 is 1.39 bits per heavy atom. The van der Waals surface area contributed by atoms with Crippen LogP contribution in [0.1, 0.15) is 26.5 Å². The normalized spacial score (nSPS) is 25.8. The smallest absolute Gasteiger partial charge is 0.415 e. The van der Waals surface area contributed by atoms with Gasteiger partial charge >= 0.3 is 12.1 Å². The lowest BCUT2D eigenvalue weighted by Gasteiger charge is -2.24. The number of aromatic nitrogens is 3. The van der Waals surface area contributed by atoms with Crippen molar-refractivity contribution in [3.63, 3.8) is 0 Å². The molecule has 0 aliphatic carbocycles. The summed E-state index contributed by atoms with van der Waals surface area (Å²) in [4.78, 5) is 27.7. The summed E-state index contributed by atoms with van der Waals surface area (Å²) >= 11 is 0. The molecule has 12 heteroatoms. The minimum Gasteiger partial charge on any atom is -0.427 e. The zero-order chi connectivity index (χ0) is 23.0. The van der Waals surface area contributed by atoms with E-state index in [2.05, 4.69) is 22.3 Å². The van der Waals surface area contributed by atoms with Gasteiger partial charge in [-0.2, -0.15) is 10.4 Å². The van der Waals surface area contributed by atoms with Crippen molar-refractivity contribution in [2.75, 3.05) is 12.1 Å². The van der Waals surface area contributed by atoms with Crippen LogP contribution in [0.15, 0.2) is 18.5 Å². The van der Waals surface area contributed by atoms with Gasteiger partial charge in [0.1, 0.15) is 30.1 Å². The van der Waals surface area contributed by atoms with E-state index in [1.807, 2.05) is 6.07 Å². The second kappa shape index (κ2) is 8.10. The van der Waals surface area contributed by atoms with E-state index in [1.165, 1.54) is 16.6 Å². The first-order chi connectivity index (χ1) is 14.5. The molecular weight excluding hydrogens is 410 g/mol. The van der Waals surface area contributed by atoms with Crippen LogP contribution in [-0.2, 0) is 24.6 Å². The third-order valence-corrected chi connectivity index (χ3v) is 4.67. The van der Waals surface area contributed by atoms with Crippen molar-refractivity contribution < 1.29 is 34.0 Å². The van der Waals surface area contributed by atoms with Gasteiger partial charge in [0.05, 0.1) is 17.2 Å². The first kappa shape index (κ1) is 22.4. The largest absolute Gasteiger partial charge is 0.427 e. The van der Waals surface area contributed by atoms with E-state index >= 15 is 0 Å². The number of carbonyl (C=O) groups excluding carboxylic acids is 2. The zero-order valence-electron chi connectivity index (χ0n) is 17.1. The Kier molecular flexibility index (Phi) is 5.86. The first-order valence-corrected chi connectivity index (χ1v) is 9.24. The maximum atomic E-state index is 12.1. The summed E-state index contributed by atoms with van der Waals surface area (Å²) in [5.41, 5.74) is -2.30. The molecule has 2 aromatic rings. The van der Waals surface area contributed by atoms with Gasteiger partial charge in [0.25, 0.3) is 0 Å². The van der Waals surface area contributed by atoms with Gasteiger partial charge in [-0.3, -0.25) is 10.1 Å². The van der Waals surface area contributed by atoms with Gasteiger partial charge in [0.2, 0.25) is 12.4 Å². The summed E-state index contributed by atoms with van der Waals surface area (Å²) in [5, 5.41) is 36.5. The van der Waals surface area contributed by atoms with Gasteiger partial charge in [-0.25, -0.2) is 14.3 Å². The Morgan fingerprint density at radius 3 is 2.68 bits per heavy atom. The van der Waals surface area contributed by atoms with Crippen LogP contribution in [0.25, 0.3) is 5.52 Å². The van der Waals surface area contributed by atoms with E-state index in [1.54, 1.807) is 20.8 Å². The molecule has 1 aliphatic heterocycles. The van der Waals surface area contributed by atoms with Gasteiger partial charge < -0.3 is 24.4 Å². The fraction of sp³-hybridized carbons (Fsp3) is 0.474. The van der Waals surface area contributed by atoms with Crippen molar-refractivity contribution >= 4 is 23.4 Å². The summed E-state index contributed by atoms with van der Waals surface area (Å²) < 4.78 is 16.4. The molecule has 4 atom stereocenters. The number of ether oxygens (including phenoxy) is 3. The third-order valence-electron chi connectivity index (χ3n) is 4.67. The monoisotopic (exact) mass is 432 g/mol. The highest BCUT2D eigenvalue weighted by molar-refractivity contribution is 5.88. The first-order valence-electron chi connectivity index (χ1n) is 9.24. The highest BCUT2D eigenvalue weighted by atomic mass is 16.7. The molecule has 0 bridgehead atoms. The molecule has 12 nitrogen and oxygen atoms in total. The summed E-state index contributed by atoms with van der Waals surface area (Å²) in [5.74, 6) is -0.510. The number of hydrogen-bond acceptors (Lipinski definition) is 10. The molecule has 1 radical (unpaired) electrons. The van der Waals surface area contributed by atoms with Crippen LogP contribution in [0, 0.1) is 23.7 Å². The minimum atomic E-state index is -1.93. The van der Waals surface area contributed by atoms with E-state index in [0.717, 1.165) is 6.33 Å². The average molecular weight is 432 g/mol. The van der Waals surface area contributed by atoms with Gasteiger partial charge in [-0.05, 0) is 39.8 Å². The molecule has 0 unspecified atom stereocenters. The number of rotatable bonds is 4. The Bertz CT molecular complexity index is 1040. The van der Waals surface area contributed by atoms with E-state index in [4.69, 9.17) is 14.2 Å². The molecule has 0 aromatic carbocycles.